The van der Waals surface area contributed by atoms with Crippen molar-refractivity contribution in [2.45, 2.75) is 18.9 Å². The molecule has 3 aromatic rings. The fourth-order valence-corrected chi connectivity index (χ4v) is 3.45. The summed E-state index contributed by atoms with van der Waals surface area (Å²) in [7, 11) is 0. The average molecular weight is 375 g/mol. The van der Waals surface area contributed by atoms with E-state index in [0.29, 0.717) is 30.8 Å². The first kappa shape index (κ1) is 17.9. The lowest BCUT2D eigenvalue weighted by Crippen LogP contribution is -2.38. The molecule has 0 spiro atoms. The zero-order valence-corrected chi connectivity index (χ0v) is 15.4. The summed E-state index contributed by atoms with van der Waals surface area (Å²) in [6.07, 6.45) is 4.11. The average Bonchev–Trinajstić information content (AvgIpc) is 3.37. The third-order valence-corrected chi connectivity index (χ3v) is 4.88. The first-order chi connectivity index (χ1) is 13.7. The van der Waals surface area contributed by atoms with E-state index < -0.39 is 0 Å². The molecule has 1 N–H and O–H groups in total. The predicted octanol–water partition coefficient (Wildman–Crippen LogP) is 1.84. The lowest BCUT2D eigenvalue weighted by Gasteiger charge is -2.17. The lowest BCUT2D eigenvalue weighted by atomic mass is 10.1. The van der Waals surface area contributed by atoms with Crippen molar-refractivity contribution in [3.63, 3.8) is 0 Å². The van der Waals surface area contributed by atoms with Crippen molar-refractivity contribution >= 4 is 11.8 Å². The second kappa shape index (κ2) is 8.04. The molecule has 1 fully saturated rings. The van der Waals surface area contributed by atoms with Crippen molar-refractivity contribution in [1.82, 2.24) is 25.0 Å². The van der Waals surface area contributed by atoms with Gasteiger partial charge < -0.3 is 10.2 Å². The maximum absolute atomic E-state index is 12.8. The standard InChI is InChI=1S/C21H21N5O2/c27-20-12-17(13-25(20)11-10-16-6-2-1-3-7-16)24-21(28)18-8-4-5-9-19(18)26-15-22-14-23-26/h1-9,14-15,17H,10-13H2,(H,24,28)/t17-/m0/s1. The Morgan fingerprint density at radius 1 is 1.11 bits per heavy atom. The maximum Gasteiger partial charge on any atom is 0.253 e. The van der Waals surface area contributed by atoms with Gasteiger partial charge in [-0.15, -0.1) is 0 Å². The Morgan fingerprint density at radius 3 is 2.68 bits per heavy atom. The molecule has 0 radical (unpaired) electrons. The van der Waals surface area contributed by atoms with E-state index >= 15 is 0 Å². The number of benzene rings is 2. The smallest absolute Gasteiger partial charge is 0.253 e. The van der Waals surface area contributed by atoms with Gasteiger partial charge in [-0.05, 0) is 24.1 Å². The van der Waals surface area contributed by atoms with Crippen LogP contribution in [-0.2, 0) is 11.2 Å². The molecule has 7 heteroatoms. The van der Waals surface area contributed by atoms with Gasteiger partial charge in [0.1, 0.15) is 12.7 Å². The molecule has 1 aliphatic heterocycles. The molecule has 0 saturated carbocycles. The highest BCUT2D eigenvalue weighted by Gasteiger charge is 2.30. The van der Waals surface area contributed by atoms with Crippen LogP contribution in [0.4, 0.5) is 0 Å². The minimum atomic E-state index is -0.214. The Bertz CT molecular complexity index is 956. The van der Waals surface area contributed by atoms with E-state index in [0.717, 1.165) is 6.42 Å². The lowest BCUT2D eigenvalue weighted by molar-refractivity contribution is -0.127. The summed E-state index contributed by atoms with van der Waals surface area (Å²) in [5, 5.41) is 7.09. The van der Waals surface area contributed by atoms with Crippen LogP contribution in [0.25, 0.3) is 5.69 Å². The number of para-hydroxylation sites is 1. The number of hydrogen-bond acceptors (Lipinski definition) is 4. The molecule has 1 saturated heterocycles. The molecule has 2 aromatic carbocycles. The van der Waals surface area contributed by atoms with Crippen LogP contribution in [-0.4, -0.2) is 50.6 Å². The number of rotatable bonds is 6. The molecular weight excluding hydrogens is 354 g/mol. The van der Waals surface area contributed by atoms with E-state index in [1.165, 1.54) is 11.9 Å². The van der Waals surface area contributed by atoms with Gasteiger partial charge in [0.05, 0.1) is 17.3 Å². The molecule has 28 heavy (non-hydrogen) atoms. The molecule has 1 atom stereocenters. The Labute approximate surface area is 163 Å². The van der Waals surface area contributed by atoms with Crippen LogP contribution >= 0.6 is 0 Å². The molecule has 1 aliphatic rings. The Kier molecular flexibility index (Phi) is 5.14. The SMILES string of the molecule is O=C(N[C@H]1CC(=O)N(CCc2ccccc2)C1)c1ccccc1-n1cncn1. The van der Waals surface area contributed by atoms with Gasteiger partial charge in [0.25, 0.3) is 5.91 Å². The number of aromatic nitrogens is 3. The quantitative estimate of drug-likeness (QED) is 0.713. The van der Waals surface area contributed by atoms with Gasteiger partial charge >= 0.3 is 0 Å². The third kappa shape index (κ3) is 3.93. The van der Waals surface area contributed by atoms with Crippen LogP contribution in [0.1, 0.15) is 22.3 Å². The normalized spacial score (nSPS) is 16.4. The van der Waals surface area contributed by atoms with Gasteiger partial charge in [-0.1, -0.05) is 42.5 Å². The highest BCUT2D eigenvalue weighted by atomic mass is 16.2. The summed E-state index contributed by atoms with van der Waals surface area (Å²) in [4.78, 5) is 30.9. The molecule has 142 valence electrons. The van der Waals surface area contributed by atoms with Gasteiger partial charge in [-0.25, -0.2) is 9.67 Å². The molecular formula is C21H21N5O2. The third-order valence-electron chi connectivity index (χ3n) is 4.88. The van der Waals surface area contributed by atoms with Gasteiger partial charge in [0.2, 0.25) is 5.91 Å². The second-order valence-corrected chi connectivity index (χ2v) is 6.81. The number of amides is 2. The number of carbonyl (C=O) groups excluding carboxylic acids is 2. The maximum atomic E-state index is 12.8. The van der Waals surface area contributed by atoms with Crippen LogP contribution in [0.3, 0.4) is 0 Å². The van der Waals surface area contributed by atoms with Gasteiger partial charge in [-0.3, -0.25) is 9.59 Å². The number of nitrogens with zero attached hydrogens (tertiary/aromatic N) is 4. The first-order valence-corrected chi connectivity index (χ1v) is 9.27. The van der Waals surface area contributed by atoms with E-state index in [1.54, 1.807) is 23.1 Å². The number of carbonyl (C=O) groups is 2. The van der Waals surface area contributed by atoms with Crippen LogP contribution in [0.5, 0.6) is 0 Å². The summed E-state index contributed by atoms with van der Waals surface area (Å²) >= 11 is 0. The van der Waals surface area contributed by atoms with Crippen LogP contribution in [0, 0.1) is 0 Å². The van der Waals surface area contributed by atoms with E-state index in [-0.39, 0.29) is 17.9 Å². The van der Waals surface area contributed by atoms with E-state index in [1.807, 2.05) is 35.2 Å². The van der Waals surface area contributed by atoms with Gasteiger partial charge in [0.15, 0.2) is 0 Å². The Balaban J connectivity index is 1.39. The monoisotopic (exact) mass is 375 g/mol. The zero-order chi connectivity index (χ0) is 19.3. The minimum absolute atomic E-state index is 0.0748. The molecule has 0 bridgehead atoms. The summed E-state index contributed by atoms with van der Waals surface area (Å²) in [5.74, 6) is -0.139. The summed E-state index contributed by atoms with van der Waals surface area (Å²) in [6.45, 7) is 1.19. The molecule has 1 aromatic heterocycles. The van der Waals surface area contributed by atoms with E-state index in [9.17, 15) is 9.59 Å². The van der Waals surface area contributed by atoms with Gasteiger partial charge in [0, 0.05) is 19.5 Å². The highest BCUT2D eigenvalue weighted by Crippen LogP contribution is 2.16. The Hall–Kier alpha value is -3.48. The predicted molar refractivity (Wildman–Crippen MR) is 104 cm³/mol. The van der Waals surface area contributed by atoms with Crippen LogP contribution in [0.15, 0.2) is 67.3 Å². The highest BCUT2D eigenvalue weighted by molar-refractivity contribution is 5.98. The number of nitrogens with one attached hydrogen (secondary N) is 1. The van der Waals surface area contributed by atoms with E-state index in [4.69, 9.17) is 0 Å². The fraction of sp³-hybridized carbons (Fsp3) is 0.238. The molecule has 0 unspecified atom stereocenters. The van der Waals surface area contributed by atoms with Crippen molar-refractivity contribution in [3.05, 3.63) is 78.4 Å². The van der Waals surface area contributed by atoms with Crippen molar-refractivity contribution in [2.24, 2.45) is 0 Å². The first-order valence-electron chi connectivity index (χ1n) is 9.27. The number of hydrogen-bond donors (Lipinski definition) is 1. The van der Waals surface area contributed by atoms with Crippen molar-refractivity contribution in [2.75, 3.05) is 13.1 Å². The van der Waals surface area contributed by atoms with E-state index in [2.05, 4.69) is 27.5 Å². The summed E-state index contributed by atoms with van der Waals surface area (Å²) < 4.78 is 1.56. The van der Waals surface area contributed by atoms with Crippen molar-refractivity contribution in [3.8, 4) is 5.69 Å². The van der Waals surface area contributed by atoms with Gasteiger partial charge in [-0.2, -0.15) is 5.10 Å². The minimum Gasteiger partial charge on any atom is -0.347 e. The fourth-order valence-electron chi connectivity index (χ4n) is 3.45. The second-order valence-electron chi connectivity index (χ2n) is 6.81. The molecule has 4 rings (SSSR count). The van der Waals surface area contributed by atoms with Crippen LogP contribution < -0.4 is 5.32 Å². The Morgan fingerprint density at radius 2 is 1.89 bits per heavy atom. The van der Waals surface area contributed by atoms with Crippen LogP contribution in [0.2, 0.25) is 0 Å². The topological polar surface area (TPSA) is 80.1 Å². The zero-order valence-electron chi connectivity index (χ0n) is 15.4. The molecule has 2 amide bonds. The molecule has 2 heterocycles. The van der Waals surface area contributed by atoms with Crippen molar-refractivity contribution < 1.29 is 9.59 Å². The largest absolute Gasteiger partial charge is 0.347 e. The number of likely N-dealkylation sites (tertiary alicyclic amines) is 1. The molecule has 0 aliphatic carbocycles. The van der Waals surface area contributed by atoms with Crippen molar-refractivity contribution in [1.29, 1.82) is 0 Å². The molecule has 7 nitrogen and oxygen atoms in total. The summed E-state index contributed by atoms with van der Waals surface area (Å²) in [5.41, 5.74) is 2.36. The summed E-state index contributed by atoms with van der Waals surface area (Å²) in [6, 6.07) is 17.1.